The molecule has 57 heavy (non-hydrogen) atoms. The Bertz CT molecular complexity index is 3470. The average Bonchev–Trinajstić information content (AvgIpc) is 3.94. The van der Waals surface area contributed by atoms with E-state index in [0.717, 1.165) is 82.8 Å². The van der Waals surface area contributed by atoms with Gasteiger partial charge in [-0.25, -0.2) is 4.98 Å². The zero-order valence-corrected chi connectivity index (χ0v) is 30.4. The van der Waals surface area contributed by atoms with Crippen LogP contribution >= 0.6 is 0 Å². The van der Waals surface area contributed by atoms with Crippen LogP contribution in [0.2, 0.25) is 0 Å². The molecule has 0 aliphatic rings. The standard InChI is InChI=1S/C50H30N6O/c1-3-12-31(13-4-1)48-52-49(32-14-5-2-6-15-32)54-50(53-48)56-42-19-10-8-17-37(42)39-28-33(22-25-43(39)56)34-21-24-38-36-16-7-9-18-41(36)55(44(38)29-34)35-23-26-45-40(30-35)47-46(57-45)20-11-27-51-47/h1-30H. The van der Waals surface area contributed by atoms with Gasteiger partial charge in [0.1, 0.15) is 11.1 Å². The van der Waals surface area contributed by atoms with Gasteiger partial charge in [0.25, 0.3) is 0 Å². The maximum Gasteiger partial charge on any atom is 0.238 e. The summed E-state index contributed by atoms with van der Waals surface area (Å²) in [7, 11) is 0. The highest BCUT2D eigenvalue weighted by Gasteiger charge is 2.20. The Balaban J connectivity index is 1.05. The van der Waals surface area contributed by atoms with E-state index in [1.165, 1.54) is 10.8 Å². The molecule has 12 rings (SSSR count). The molecule has 0 bridgehead atoms. The van der Waals surface area contributed by atoms with Crippen molar-refractivity contribution in [3.63, 3.8) is 0 Å². The van der Waals surface area contributed by atoms with Crippen molar-refractivity contribution in [2.45, 2.75) is 0 Å². The van der Waals surface area contributed by atoms with Gasteiger partial charge in [-0.05, 0) is 71.8 Å². The average molecular weight is 731 g/mol. The van der Waals surface area contributed by atoms with E-state index in [4.69, 9.17) is 19.4 Å². The summed E-state index contributed by atoms with van der Waals surface area (Å²) >= 11 is 0. The zero-order chi connectivity index (χ0) is 37.5. The van der Waals surface area contributed by atoms with Crippen LogP contribution in [0.1, 0.15) is 0 Å². The van der Waals surface area contributed by atoms with E-state index >= 15 is 0 Å². The summed E-state index contributed by atoms with van der Waals surface area (Å²) in [6.07, 6.45) is 1.82. The van der Waals surface area contributed by atoms with Crippen LogP contribution in [-0.4, -0.2) is 29.1 Å². The fraction of sp³-hybridized carbons (Fsp3) is 0. The fourth-order valence-corrected chi connectivity index (χ4v) is 8.42. The number of benzene rings is 7. The topological polar surface area (TPSA) is 74.6 Å². The van der Waals surface area contributed by atoms with Crippen LogP contribution in [0.3, 0.4) is 0 Å². The van der Waals surface area contributed by atoms with Crippen LogP contribution in [-0.2, 0) is 0 Å². The molecule has 7 nitrogen and oxygen atoms in total. The summed E-state index contributed by atoms with van der Waals surface area (Å²) < 4.78 is 10.7. The first kappa shape index (κ1) is 31.5. The molecule has 0 spiro atoms. The first-order valence-electron chi connectivity index (χ1n) is 19.0. The molecular formula is C50H30N6O. The van der Waals surface area contributed by atoms with Crippen molar-refractivity contribution in [2.75, 3.05) is 0 Å². The molecule has 0 saturated heterocycles. The number of rotatable bonds is 5. The summed E-state index contributed by atoms with van der Waals surface area (Å²) in [5.74, 6) is 1.83. The molecule has 0 aliphatic carbocycles. The molecular weight excluding hydrogens is 701 g/mol. The number of hydrogen-bond acceptors (Lipinski definition) is 5. The van der Waals surface area contributed by atoms with E-state index in [-0.39, 0.29) is 0 Å². The van der Waals surface area contributed by atoms with Crippen LogP contribution in [0.5, 0.6) is 0 Å². The fourth-order valence-electron chi connectivity index (χ4n) is 8.42. The lowest BCUT2D eigenvalue weighted by Gasteiger charge is -2.11. The van der Waals surface area contributed by atoms with Gasteiger partial charge in [0.2, 0.25) is 5.95 Å². The maximum atomic E-state index is 6.14. The Kier molecular flexibility index (Phi) is 6.79. The highest BCUT2D eigenvalue weighted by molar-refractivity contribution is 6.13. The monoisotopic (exact) mass is 730 g/mol. The van der Waals surface area contributed by atoms with Gasteiger partial charge in [0.15, 0.2) is 17.2 Å². The summed E-state index contributed by atoms with van der Waals surface area (Å²) in [6, 6.07) is 61.1. The van der Waals surface area contributed by atoms with Gasteiger partial charge in [-0.1, -0.05) is 115 Å². The Morgan fingerprint density at radius 3 is 1.74 bits per heavy atom. The number of furan rings is 1. The lowest BCUT2D eigenvalue weighted by molar-refractivity contribution is 0.668. The number of para-hydroxylation sites is 2. The summed E-state index contributed by atoms with van der Waals surface area (Å²) in [4.78, 5) is 19.8. The molecule has 5 heterocycles. The minimum absolute atomic E-state index is 0.574. The Morgan fingerprint density at radius 2 is 0.982 bits per heavy atom. The van der Waals surface area contributed by atoms with Crippen molar-refractivity contribution < 1.29 is 4.42 Å². The number of fused-ring (bicyclic) bond motifs is 9. The predicted molar refractivity (Wildman–Crippen MR) is 230 cm³/mol. The predicted octanol–water partition coefficient (Wildman–Crippen LogP) is 12.4. The molecule has 12 aromatic rings. The van der Waals surface area contributed by atoms with E-state index < -0.39 is 0 Å². The van der Waals surface area contributed by atoms with Gasteiger partial charge in [0.05, 0.1) is 22.1 Å². The second-order valence-electron chi connectivity index (χ2n) is 14.3. The molecule has 266 valence electrons. The van der Waals surface area contributed by atoms with Crippen LogP contribution in [0, 0.1) is 0 Å². The van der Waals surface area contributed by atoms with Crippen molar-refractivity contribution in [3.05, 3.63) is 182 Å². The van der Waals surface area contributed by atoms with Crippen LogP contribution in [0.4, 0.5) is 0 Å². The molecule has 0 unspecified atom stereocenters. The molecule has 0 amide bonds. The van der Waals surface area contributed by atoms with Gasteiger partial charge in [-0.2, -0.15) is 9.97 Å². The highest BCUT2D eigenvalue weighted by Crippen LogP contribution is 2.39. The third-order valence-electron chi connectivity index (χ3n) is 11.0. The number of nitrogens with zero attached hydrogens (tertiary/aromatic N) is 6. The Morgan fingerprint density at radius 1 is 0.368 bits per heavy atom. The number of aromatic nitrogens is 6. The van der Waals surface area contributed by atoms with Gasteiger partial charge in [-0.15, -0.1) is 0 Å². The SMILES string of the molecule is c1ccc(-c2nc(-c3ccccc3)nc(-n3c4ccccc4c4cc(-c5ccc6c7ccccc7n(-c7ccc8oc9cccnc9c8c7)c6c5)ccc43)n2)cc1. The summed E-state index contributed by atoms with van der Waals surface area (Å²) in [6.45, 7) is 0. The van der Waals surface area contributed by atoms with E-state index in [0.29, 0.717) is 17.6 Å². The number of hydrogen-bond donors (Lipinski definition) is 0. The van der Waals surface area contributed by atoms with Gasteiger partial charge in [-0.3, -0.25) is 9.55 Å². The molecule has 0 aliphatic heterocycles. The first-order valence-corrected chi connectivity index (χ1v) is 19.0. The quantitative estimate of drug-likeness (QED) is 0.176. The molecule has 5 aromatic heterocycles. The largest absolute Gasteiger partial charge is 0.454 e. The van der Waals surface area contributed by atoms with Crippen molar-refractivity contribution in [3.8, 4) is 45.5 Å². The molecule has 0 N–H and O–H groups in total. The van der Waals surface area contributed by atoms with Crippen LogP contribution < -0.4 is 0 Å². The van der Waals surface area contributed by atoms with E-state index in [1.807, 2.05) is 79.0 Å². The Hall–Kier alpha value is -7.90. The van der Waals surface area contributed by atoms with Gasteiger partial charge < -0.3 is 8.98 Å². The third-order valence-corrected chi connectivity index (χ3v) is 11.0. The molecule has 7 heteroatoms. The molecule has 0 atom stereocenters. The lowest BCUT2D eigenvalue weighted by Crippen LogP contribution is -2.06. The van der Waals surface area contributed by atoms with Crippen molar-refractivity contribution in [1.82, 2.24) is 29.1 Å². The maximum absolute atomic E-state index is 6.14. The van der Waals surface area contributed by atoms with Crippen molar-refractivity contribution in [2.24, 2.45) is 0 Å². The lowest BCUT2D eigenvalue weighted by atomic mass is 10.0. The Labute approximate surface area is 325 Å². The van der Waals surface area contributed by atoms with E-state index in [9.17, 15) is 0 Å². The van der Waals surface area contributed by atoms with E-state index in [1.54, 1.807) is 0 Å². The molecule has 0 radical (unpaired) electrons. The van der Waals surface area contributed by atoms with Crippen LogP contribution in [0.15, 0.2) is 187 Å². The van der Waals surface area contributed by atoms with Crippen molar-refractivity contribution >= 4 is 65.7 Å². The minimum atomic E-state index is 0.574. The minimum Gasteiger partial charge on any atom is -0.454 e. The zero-order valence-electron chi connectivity index (χ0n) is 30.4. The van der Waals surface area contributed by atoms with Gasteiger partial charge >= 0.3 is 0 Å². The molecule has 0 fully saturated rings. The third kappa shape index (κ3) is 4.92. The van der Waals surface area contributed by atoms with Crippen LogP contribution in [0.25, 0.3) is 111 Å². The van der Waals surface area contributed by atoms with E-state index in [2.05, 4.69) is 117 Å². The summed E-state index contributed by atoms with van der Waals surface area (Å²) in [5.41, 5.74) is 12.0. The van der Waals surface area contributed by atoms with Crippen molar-refractivity contribution in [1.29, 1.82) is 0 Å². The normalized spacial score (nSPS) is 11.9. The highest BCUT2D eigenvalue weighted by atomic mass is 16.3. The molecule has 0 saturated carbocycles. The number of pyridine rings is 1. The second kappa shape index (κ2) is 12.3. The second-order valence-corrected chi connectivity index (χ2v) is 14.3. The van der Waals surface area contributed by atoms with Gasteiger partial charge in [0, 0.05) is 49.9 Å². The molecule has 7 aromatic carbocycles. The first-order chi connectivity index (χ1) is 28.2. The smallest absolute Gasteiger partial charge is 0.238 e. The summed E-state index contributed by atoms with van der Waals surface area (Å²) in [5, 5.41) is 5.64.